The second-order valence-corrected chi connectivity index (χ2v) is 4.92. The Hall–Kier alpha value is -0.130. The van der Waals surface area contributed by atoms with Crippen molar-refractivity contribution in [3.63, 3.8) is 0 Å². The summed E-state index contributed by atoms with van der Waals surface area (Å²) in [7, 11) is 1.98. The standard InChI is InChI=1S/C9H13Br2N3/c1-6(4-12)14(2)9-8(11)3-7(10)5-13-9/h3,5-6H,4,12H2,1-2H3. The minimum Gasteiger partial charge on any atom is -0.355 e. The number of pyridine rings is 1. The zero-order valence-corrected chi connectivity index (χ0v) is 11.3. The van der Waals surface area contributed by atoms with Crippen LogP contribution in [0.2, 0.25) is 0 Å². The number of anilines is 1. The molecule has 1 aromatic heterocycles. The Kier molecular flexibility index (Phi) is 4.34. The van der Waals surface area contributed by atoms with E-state index in [1.54, 1.807) is 6.20 Å². The molecule has 0 fully saturated rings. The van der Waals surface area contributed by atoms with E-state index in [2.05, 4.69) is 48.7 Å². The SMILES string of the molecule is CC(CN)N(C)c1ncc(Br)cc1Br. The molecule has 0 saturated heterocycles. The van der Waals surface area contributed by atoms with Crippen molar-refractivity contribution in [3.8, 4) is 0 Å². The van der Waals surface area contributed by atoms with Gasteiger partial charge in [-0.3, -0.25) is 0 Å². The summed E-state index contributed by atoms with van der Waals surface area (Å²) in [6, 6.07) is 2.25. The highest BCUT2D eigenvalue weighted by Crippen LogP contribution is 2.26. The van der Waals surface area contributed by atoms with Crippen molar-refractivity contribution in [2.24, 2.45) is 5.73 Å². The van der Waals surface area contributed by atoms with E-state index < -0.39 is 0 Å². The molecule has 14 heavy (non-hydrogen) atoms. The summed E-state index contributed by atoms with van der Waals surface area (Å²) in [4.78, 5) is 6.38. The van der Waals surface area contributed by atoms with Crippen LogP contribution in [0.15, 0.2) is 21.2 Å². The van der Waals surface area contributed by atoms with Crippen LogP contribution in [0.4, 0.5) is 5.82 Å². The van der Waals surface area contributed by atoms with E-state index in [1.165, 1.54) is 0 Å². The lowest BCUT2D eigenvalue weighted by molar-refractivity contribution is 0.686. The zero-order valence-electron chi connectivity index (χ0n) is 8.17. The van der Waals surface area contributed by atoms with Gasteiger partial charge in [0.1, 0.15) is 5.82 Å². The third-order valence-electron chi connectivity index (χ3n) is 2.12. The first kappa shape index (κ1) is 11.9. The number of hydrogen-bond donors (Lipinski definition) is 1. The zero-order chi connectivity index (χ0) is 10.7. The van der Waals surface area contributed by atoms with Crippen LogP contribution >= 0.6 is 31.9 Å². The normalized spacial score (nSPS) is 12.6. The van der Waals surface area contributed by atoms with Crippen molar-refractivity contribution in [2.75, 3.05) is 18.5 Å². The molecule has 1 unspecified atom stereocenters. The fourth-order valence-electron chi connectivity index (χ4n) is 1.03. The molecule has 78 valence electrons. The van der Waals surface area contributed by atoms with E-state index >= 15 is 0 Å². The van der Waals surface area contributed by atoms with Crippen LogP contribution in [-0.2, 0) is 0 Å². The smallest absolute Gasteiger partial charge is 0.142 e. The van der Waals surface area contributed by atoms with Gasteiger partial charge in [-0.25, -0.2) is 4.98 Å². The monoisotopic (exact) mass is 321 g/mol. The molecule has 1 atom stereocenters. The van der Waals surface area contributed by atoms with Crippen molar-refractivity contribution in [3.05, 3.63) is 21.2 Å². The third-order valence-corrected chi connectivity index (χ3v) is 3.14. The third kappa shape index (κ3) is 2.68. The number of hydrogen-bond acceptors (Lipinski definition) is 3. The highest BCUT2D eigenvalue weighted by atomic mass is 79.9. The second kappa shape index (κ2) is 5.09. The van der Waals surface area contributed by atoms with Crippen molar-refractivity contribution >= 4 is 37.7 Å². The number of aromatic nitrogens is 1. The largest absolute Gasteiger partial charge is 0.355 e. The van der Waals surface area contributed by atoms with Gasteiger partial charge in [-0.2, -0.15) is 0 Å². The quantitative estimate of drug-likeness (QED) is 0.929. The van der Waals surface area contributed by atoms with Gasteiger partial charge in [0.15, 0.2) is 0 Å². The van der Waals surface area contributed by atoms with Gasteiger partial charge in [-0.15, -0.1) is 0 Å². The lowest BCUT2D eigenvalue weighted by atomic mass is 10.3. The van der Waals surface area contributed by atoms with E-state index in [4.69, 9.17) is 5.73 Å². The summed E-state index contributed by atoms with van der Waals surface area (Å²) in [5, 5.41) is 0. The van der Waals surface area contributed by atoms with Gasteiger partial charge >= 0.3 is 0 Å². The maximum atomic E-state index is 5.60. The van der Waals surface area contributed by atoms with Gasteiger partial charge in [0.05, 0.1) is 4.47 Å². The molecular formula is C9H13Br2N3. The van der Waals surface area contributed by atoms with E-state index in [-0.39, 0.29) is 6.04 Å². The van der Waals surface area contributed by atoms with Crippen LogP contribution in [0, 0.1) is 0 Å². The van der Waals surface area contributed by atoms with E-state index in [9.17, 15) is 0 Å². The topological polar surface area (TPSA) is 42.1 Å². The van der Waals surface area contributed by atoms with Crippen LogP contribution in [0.1, 0.15) is 6.92 Å². The average Bonchev–Trinajstić information content (AvgIpc) is 2.15. The minimum absolute atomic E-state index is 0.278. The Morgan fingerprint density at radius 3 is 2.71 bits per heavy atom. The molecule has 0 aliphatic rings. The molecule has 2 N–H and O–H groups in total. The van der Waals surface area contributed by atoms with E-state index in [0.717, 1.165) is 14.8 Å². The molecule has 0 radical (unpaired) electrons. The Labute approximate surface area is 101 Å². The summed E-state index contributed by atoms with van der Waals surface area (Å²) < 4.78 is 1.93. The number of halogens is 2. The Morgan fingerprint density at radius 2 is 2.21 bits per heavy atom. The highest BCUT2D eigenvalue weighted by Gasteiger charge is 2.12. The Morgan fingerprint density at radius 1 is 1.57 bits per heavy atom. The average molecular weight is 323 g/mol. The van der Waals surface area contributed by atoms with Crippen LogP contribution in [0.5, 0.6) is 0 Å². The molecule has 0 aliphatic heterocycles. The molecule has 1 rings (SSSR count). The Bertz CT molecular complexity index is 317. The summed E-state index contributed by atoms with van der Waals surface area (Å²) in [6.07, 6.45) is 1.78. The maximum absolute atomic E-state index is 5.60. The van der Waals surface area contributed by atoms with Crippen molar-refractivity contribution < 1.29 is 0 Å². The van der Waals surface area contributed by atoms with Gasteiger partial charge < -0.3 is 10.6 Å². The fraction of sp³-hybridized carbons (Fsp3) is 0.444. The summed E-state index contributed by atoms with van der Waals surface area (Å²) in [5.41, 5.74) is 5.60. The highest BCUT2D eigenvalue weighted by molar-refractivity contribution is 9.11. The second-order valence-electron chi connectivity index (χ2n) is 3.15. The van der Waals surface area contributed by atoms with Gasteiger partial charge in [0, 0.05) is 30.3 Å². The van der Waals surface area contributed by atoms with Gasteiger partial charge in [0.2, 0.25) is 0 Å². The fourth-order valence-corrected chi connectivity index (χ4v) is 2.30. The van der Waals surface area contributed by atoms with Crippen LogP contribution < -0.4 is 10.6 Å². The summed E-state index contributed by atoms with van der Waals surface area (Å²) >= 11 is 6.83. The molecule has 1 aromatic rings. The van der Waals surface area contributed by atoms with Gasteiger partial charge in [-0.05, 0) is 44.8 Å². The first-order valence-corrected chi connectivity index (χ1v) is 5.88. The summed E-state index contributed by atoms with van der Waals surface area (Å²) in [5.74, 6) is 0.908. The number of rotatable bonds is 3. The summed E-state index contributed by atoms with van der Waals surface area (Å²) in [6.45, 7) is 2.68. The molecule has 5 heteroatoms. The minimum atomic E-state index is 0.278. The van der Waals surface area contributed by atoms with E-state index in [1.807, 2.05) is 13.1 Å². The lowest BCUT2D eigenvalue weighted by Gasteiger charge is -2.25. The lowest BCUT2D eigenvalue weighted by Crippen LogP contribution is -2.35. The predicted molar refractivity (Wildman–Crippen MR) is 66.6 cm³/mol. The molecular weight excluding hydrogens is 310 g/mol. The molecule has 0 aromatic carbocycles. The molecule has 0 amide bonds. The molecule has 1 heterocycles. The predicted octanol–water partition coefficient (Wildman–Crippen LogP) is 2.39. The van der Waals surface area contributed by atoms with Crippen LogP contribution in [0.25, 0.3) is 0 Å². The molecule has 3 nitrogen and oxygen atoms in total. The first-order chi connectivity index (χ1) is 6.56. The van der Waals surface area contributed by atoms with Crippen molar-refractivity contribution in [1.82, 2.24) is 4.98 Å². The molecule has 0 aliphatic carbocycles. The van der Waals surface area contributed by atoms with Gasteiger partial charge in [0.25, 0.3) is 0 Å². The van der Waals surface area contributed by atoms with Crippen molar-refractivity contribution in [2.45, 2.75) is 13.0 Å². The van der Waals surface area contributed by atoms with Crippen molar-refractivity contribution in [1.29, 1.82) is 0 Å². The number of nitrogens with zero attached hydrogens (tertiary/aromatic N) is 2. The molecule has 0 saturated carbocycles. The molecule has 0 spiro atoms. The number of likely N-dealkylation sites (N-methyl/N-ethyl adjacent to an activating group) is 1. The first-order valence-electron chi connectivity index (χ1n) is 4.30. The Balaban J connectivity index is 2.95. The number of nitrogens with two attached hydrogens (primary N) is 1. The van der Waals surface area contributed by atoms with Crippen LogP contribution in [-0.4, -0.2) is 24.6 Å². The van der Waals surface area contributed by atoms with Gasteiger partial charge in [-0.1, -0.05) is 0 Å². The van der Waals surface area contributed by atoms with Crippen LogP contribution in [0.3, 0.4) is 0 Å². The molecule has 0 bridgehead atoms. The maximum Gasteiger partial charge on any atom is 0.142 e. The van der Waals surface area contributed by atoms with E-state index in [0.29, 0.717) is 6.54 Å².